The van der Waals surface area contributed by atoms with E-state index in [-0.39, 0.29) is 50.6 Å². The number of carbonyl (C=O) groups excluding carboxylic acids is 2. The lowest BCUT2D eigenvalue weighted by atomic mass is 10.1. The molecule has 1 aromatic carbocycles. The molecule has 162 valence electrons. The average molecular weight is 492 g/mol. The molecule has 0 fully saturated rings. The van der Waals surface area contributed by atoms with E-state index in [9.17, 15) is 26.4 Å². The van der Waals surface area contributed by atoms with Crippen molar-refractivity contribution in [1.29, 1.82) is 0 Å². The summed E-state index contributed by atoms with van der Waals surface area (Å²) in [6.45, 7) is 1.74. The van der Waals surface area contributed by atoms with Crippen LogP contribution in [0.2, 0.25) is 5.02 Å². The highest BCUT2D eigenvalue weighted by molar-refractivity contribution is 7.91. The molecule has 12 heteroatoms. The fourth-order valence-corrected chi connectivity index (χ4v) is 6.89. The number of anilines is 1. The van der Waals surface area contributed by atoms with E-state index in [2.05, 4.69) is 5.32 Å². The summed E-state index contributed by atoms with van der Waals surface area (Å²) < 4.78 is 52.6. The number of fused-ring (bicyclic) bond motifs is 1. The van der Waals surface area contributed by atoms with E-state index in [0.29, 0.717) is 10.4 Å². The molecule has 0 saturated carbocycles. The maximum atomic E-state index is 12.8. The summed E-state index contributed by atoms with van der Waals surface area (Å²) in [5.41, 5.74) is 0.573. The van der Waals surface area contributed by atoms with Crippen molar-refractivity contribution in [2.45, 2.75) is 24.0 Å². The Bertz CT molecular complexity index is 1250. The van der Waals surface area contributed by atoms with Gasteiger partial charge < -0.3 is 10.1 Å². The third kappa shape index (κ3) is 4.69. The molecule has 8 nitrogen and oxygen atoms in total. The molecular weight excluding hydrogens is 474 g/mol. The van der Waals surface area contributed by atoms with Crippen molar-refractivity contribution in [3.05, 3.63) is 44.8 Å². The number of thiophene rings is 1. The minimum atomic E-state index is -3.57. The first-order chi connectivity index (χ1) is 13.9. The van der Waals surface area contributed by atoms with E-state index in [0.717, 1.165) is 23.7 Å². The van der Waals surface area contributed by atoms with Gasteiger partial charge in [-0.1, -0.05) is 11.6 Å². The number of halogens is 1. The molecule has 0 radical (unpaired) electrons. The first-order valence-corrected chi connectivity index (χ1v) is 13.7. The van der Waals surface area contributed by atoms with Gasteiger partial charge in [0.2, 0.25) is 0 Å². The van der Waals surface area contributed by atoms with Gasteiger partial charge in [-0.3, -0.25) is 4.79 Å². The Morgan fingerprint density at radius 1 is 1.30 bits per heavy atom. The number of benzene rings is 1. The lowest BCUT2D eigenvalue weighted by molar-refractivity contribution is 0.0526. The van der Waals surface area contributed by atoms with E-state index in [4.69, 9.17) is 16.3 Å². The van der Waals surface area contributed by atoms with Crippen LogP contribution < -0.4 is 5.32 Å². The number of sulfone groups is 2. The van der Waals surface area contributed by atoms with Crippen molar-refractivity contribution in [1.82, 2.24) is 0 Å². The summed E-state index contributed by atoms with van der Waals surface area (Å²) in [7, 11) is -6.86. The molecule has 0 unspecified atom stereocenters. The highest BCUT2D eigenvalue weighted by atomic mass is 35.5. The topological polar surface area (TPSA) is 124 Å². The van der Waals surface area contributed by atoms with Crippen molar-refractivity contribution in [3.63, 3.8) is 0 Å². The van der Waals surface area contributed by atoms with Crippen LogP contribution in [0.3, 0.4) is 0 Å². The van der Waals surface area contributed by atoms with Crippen molar-refractivity contribution in [2.24, 2.45) is 0 Å². The molecule has 1 N–H and O–H groups in total. The Balaban J connectivity index is 2.04. The smallest absolute Gasteiger partial charge is 0.341 e. The minimum absolute atomic E-state index is 0.0291. The minimum Gasteiger partial charge on any atom is -0.462 e. The zero-order valence-corrected chi connectivity index (χ0v) is 19.2. The van der Waals surface area contributed by atoms with E-state index in [1.807, 2.05) is 0 Å². The molecule has 0 atom stereocenters. The molecule has 2 heterocycles. The van der Waals surface area contributed by atoms with Crippen LogP contribution in [0.25, 0.3) is 0 Å². The van der Waals surface area contributed by atoms with E-state index in [1.54, 1.807) is 6.92 Å². The van der Waals surface area contributed by atoms with Gasteiger partial charge in [-0.25, -0.2) is 21.6 Å². The van der Waals surface area contributed by atoms with Crippen molar-refractivity contribution < 1.29 is 31.2 Å². The Morgan fingerprint density at radius 3 is 2.63 bits per heavy atom. The molecular formula is C18H18ClNO7S3. The van der Waals surface area contributed by atoms with Gasteiger partial charge in [0.25, 0.3) is 5.91 Å². The Labute approximate surface area is 183 Å². The van der Waals surface area contributed by atoms with Gasteiger partial charge in [-0.2, -0.15) is 0 Å². The molecule has 3 rings (SSSR count). The molecule has 30 heavy (non-hydrogen) atoms. The Morgan fingerprint density at radius 2 is 2.00 bits per heavy atom. The molecule has 1 aliphatic rings. The van der Waals surface area contributed by atoms with Crippen LogP contribution in [0.1, 0.15) is 38.1 Å². The predicted octanol–water partition coefficient (Wildman–Crippen LogP) is 2.70. The molecule has 0 bridgehead atoms. The number of amides is 1. The number of carbonyl (C=O) groups is 2. The molecule has 0 spiro atoms. The number of ether oxygens (including phenoxy) is 1. The second-order valence-corrected chi connectivity index (χ2v) is 12.4. The van der Waals surface area contributed by atoms with Crippen LogP contribution in [0.4, 0.5) is 5.00 Å². The van der Waals surface area contributed by atoms with Gasteiger partial charge in [-0.05, 0) is 37.1 Å². The zero-order valence-electron chi connectivity index (χ0n) is 16.0. The fourth-order valence-electron chi connectivity index (χ4n) is 3.01. The molecule has 0 saturated heterocycles. The maximum Gasteiger partial charge on any atom is 0.341 e. The number of esters is 1. The maximum absolute atomic E-state index is 12.8. The average Bonchev–Trinajstić information content (AvgIpc) is 2.96. The van der Waals surface area contributed by atoms with Crippen LogP contribution >= 0.6 is 22.9 Å². The zero-order chi connectivity index (χ0) is 22.3. The third-order valence-corrected chi connectivity index (χ3v) is 8.75. The van der Waals surface area contributed by atoms with Gasteiger partial charge in [0.1, 0.15) is 5.00 Å². The lowest BCUT2D eigenvalue weighted by Gasteiger charge is -2.13. The fraction of sp³-hybridized carbons (Fsp3) is 0.333. The van der Waals surface area contributed by atoms with Crippen LogP contribution in [0, 0.1) is 0 Å². The number of hydrogen-bond donors (Lipinski definition) is 1. The second kappa shape index (κ2) is 8.29. The van der Waals surface area contributed by atoms with Gasteiger partial charge in [0, 0.05) is 11.1 Å². The number of hydrogen-bond acceptors (Lipinski definition) is 8. The van der Waals surface area contributed by atoms with Crippen molar-refractivity contribution >= 4 is 59.5 Å². The second-order valence-electron chi connectivity index (χ2n) is 6.64. The summed E-state index contributed by atoms with van der Waals surface area (Å²) in [5, 5.41) is 2.74. The Kier molecular flexibility index (Phi) is 6.28. The molecule has 0 aliphatic carbocycles. The SMILES string of the molecule is CCOC(=O)c1c(NC(=O)c2cc(S(C)(=O)=O)ccc2Cl)sc2c1CCS(=O)(=O)C2. The van der Waals surface area contributed by atoms with E-state index >= 15 is 0 Å². The number of rotatable bonds is 5. The van der Waals surface area contributed by atoms with Gasteiger partial charge >= 0.3 is 5.97 Å². The summed E-state index contributed by atoms with van der Waals surface area (Å²) in [4.78, 5) is 25.7. The van der Waals surface area contributed by atoms with Gasteiger partial charge in [0.15, 0.2) is 19.7 Å². The molecule has 2 aromatic rings. The van der Waals surface area contributed by atoms with Crippen LogP contribution in [-0.4, -0.2) is 47.3 Å². The normalized spacial score (nSPS) is 15.3. The Hall–Kier alpha value is -1.95. The predicted molar refractivity (Wildman–Crippen MR) is 114 cm³/mol. The van der Waals surface area contributed by atoms with E-state index < -0.39 is 31.6 Å². The largest absolute Gasteiger partial charge is 0.462 e. The highest BCUT2D eigenvalue weighted by Gasteiger charge is 2.32. The highest BCUT2D eigenvalue weighted by Crippen LogP contribution is 2.39. The molecule has 1 aliphatic heterocycles. The first-order valence-electron chi connectivity index (χ1n) is 8.76. The summed E-state index contributed by atoms with van der Waals surface area (Å²) in [6.07, 6.45) is 1.15. The van der Waals surface area contributed by atoms with Crippen molar-refractivity contribution in [3.8, 4) is 0 Å². The van der Waals surface area contributed by atoms with Gasteiger partial charge in [-0.15, -0.1) is 11.3 Å². The van der Waals surface area contributed by atoms with Crippen molar-refractivity contribution in [2.75, 3.05) is 23.9 Å². The standard InChI is InChI=1S/C18H18ClNO7S3/c1-3-27-18(22)15-11-6-7-30(25,26)9-14(11)28-17(15)20-16(21)12-8-10(29(2,23)24)4-5-13(12)19/h4-5,8H,3,6-7,9H2,1-2H3,(H,20,21). The molecule has 1 amide bonds. The summed E-state index contributed by atoms with van der Waals surface area (Å²) >= 11 is 7.06. The monoisotopic (exact) mass is 491 g/mol. The number of nitrogens with one attached hydrogen (secondary N) is 1. The summed E-state index contributed by atoms with van der Waals surface area (Å²) in [5.74, 6) is -1.71. The lowest BCUT2D eigenvalue weighted by Crippen LogP contribution is -2.20. The first kappa shape index (κ1) is 22.7. The quantitative estimate of drug-likeness (QED) is 0.637. The van der Waals surface area contributed by atoms with Crippen LogP contribution in [0.15, 0.2) is 23.1 Å². The summed E-state index contributed by atoms with van der Waals surface area (Å²) in [6, 6.07) is 3.73. The molecule has 1 aromatic heterocycles. The van der Waals surface area contributed by atoms with E-state index in [1.165, 1.54) is 12.1 Å². The van der Waals surface area contributed by atoms with Crippen LogP contribution in [-0.2, 0) is 36.6 Å². The van der Waals surface area contributed by atoms with Gasteiger partial charge in [0.05, 0.1) is 39.2 Å². The third-order valence-electron chi connectivity index (χ3n) is 4.42. The van der Waals surface area contributed by atoms with Crippen LogP contribution in [0.5, 0.6) is 0 Å².